The van der Waals surface area contributed by atoms with Gasteiger partial charge in [0.25, 0.3) is 5.91 Å². The maximum Gasteiger partial charge on any atom is 0.252 e. The molecule has 1 aromatic heterocycles. The van der Waals surface area contributed by atoms with Crippen molar-refractivity contribution in [2.75, 3.05) is 6.54 Å². The van der Waals surface area contributed by atoms with E-state index in [0.717, 1.165) is 11.1 Å². The van der Waals surface area contributed by atoms with Gasteiger partial charge < -0.3 is 11.1 Å². The molecule has 3 aromatic rings. The van der Waals surface area contributed by atoms with Crippen LogP contribution < -0.4 is 11.1 Å². The first-order valence-electron chi connectivity index (χ1n) is 10.2. The zero-order chi connectivity index (χ0) is 23.4. The predicted octanol–water partition coefficient (Wildman–Crippen LogP) is 3.07. The minimum Gasteiger partial charge on any atom is -0.368 e. The van der Waals surface area contributed by atoms with Crippen molar-refractivity contribution in [1.82, 2.24) is 10.3 Å². The Hall–Kier alpha value is -4.20. The molecule has 2 aromatic carbocycles. The topological polar surface area (TPSA) is 97.4 Å². The van der Waals surface area contributed by atoms with Crippen molar-refractivity contribution in [1.29, 1.82) is 0 Å². The molecule has 4 rings (SSSR count). The highest BCUT2D eigenvalue weighted by molar-refractivity contribution is 6.19. The number of pyridine rings is 1. The molecule has 0 bridgehead atoms. The number of aliphatic imine (C=N–C) groups is 1. The van der Waals surface area contributed by atoms with E-state index in [1.54, 1.807) is 42.6 Å². The third-order valence-corrected chi connectivity index (χ3v) is 5.25. The second-order valence-electron chi connectivity index (χ2n) is 7.49. The summed E-state index contributed by atoms with van der Waals surface area (Å²) in [7, 11) is 0. The number of carbonyl (C=O) groups excluding carboxylic acids is 2. The quantitative estimate of drug-likeness (QED) is 0.584. The highest BCUT2D eigenvalue weighted by atomic mass is 19.1. The van der Waals surface area contributed by atoms with Crippen LogP contribution in [0.1, 0.15) is 27.2 Å². The van der Waals surface area contributed by atoms with Crippen molar-refractivity contribution in [2.24, 2.45) is 10.7 Å². The number of halogens is 2. The molecule has 6 nitrogen and oxygen atoms in total. The largest absolute Gasteiger partial charge is 0.368 e. The van der Waals surface area contributed by atoms with Crippen LogP contribution in [-0.4, -0.2) is 35.1 Å². The number of rotatable bonds is 7. The Kier molecular flexibility index (Phi) is 6.35. The Morgan fingerprint density at radius 2 is 1.82 bits per heavy atom. The van der Waals surface area contributed by atoms with Gasteiger partial charge in [-0.1, -0.05) is 24.3 Å². The molecule has 3 N–H and O–H groups in total. The highest BCUT2D eigenvalue weighted by Crippen LogP contribution is 2.25. The first-order valence-corrected chi connectivity index (χ1v) is 10.2. The van der Waals surface area contributed by atoms with Crippen molar-refractivity contribution in [3.8, 4) is 0 Å². The van der Waals surface area contributed by atoms with Crippen LogP contribution in [0.5, 0.6) is 0 Å². The lowest BCUT2D eigenvalue weighted by Crippen LogP contribution is -2.46. The molecule has 0 spiro atoms. The summed E-state index contributed by atoms with van der Waals surface area (Å²) in [5.41, 5.74) is 7.91. The number of carbonyl (C=O) groups is 2. The molecule has 2 amide bonds. The fraction of sp³-hybridized carbons (Fsp3) is 0.120. The van der Waals surface area contributed by atoms with E-state index in [0.29, 0.717) is 5.69 Å². The normalized spacial score (nSPS) is 13.8. The molecule has 166 valence electrons. The van der Waals surface area contributed by atoms with E-state index in [4.69, 9.17) is 5.73 Å². The summed E-state index contributed by atoms with van der Waals surface area (Å²) < 4.78 is 28.1. The lowest BCUT2D eigenvalue weighted by molar-refractivity contribution is -0.119. The van der Waals surface area contributed by atoms with Gasteiger partial charge in [-0.2, -0.15) is 0 Å². The van der Waals surface area contributed by atoms with Gasteiger partial charge in [-0.05, 0) is 53.6 Å². The standard InChI is InChI=1S/C25H20F2N4O2/c26-17-9-7-15(8-10-17)16-12-21(30-14-16)23-19(5-3-6-20(23)27)25(33)31-22(24(28)32)13-18-4-1-2-11-29-18/h1-12,22H,13-14H2,(H2,28,32)(H,31,33)/t22-/m0/s1. The summed E-state index contributed by atoms with van der Waals surface area (Å²) in [5, 5.41) is 2.58. The van der Waals surface area contributed by atoms with Crippen LogP contribution in [0.15, 0.2) is 77.9 Å². The molecule has 2 heterocycles. The zero-order valence-electron chi connectivity index (χ0n) is 17.5. The van der Waals surface area contributed by atoms with E-state index in [9.17, 15) is 18.4 Å². The molecule has 0 radical (unpaired) electrons. The lowest BCUT2D eigenvalue weighted by Gasteiger charge is -2.17. The highest BCUT2D eigenvalue weighted by Gasteiger charge is 2.25. The number of hydrogen-bond donors (Lipinski definition) is 2. The number of aromatic nitrogens is 1. The van der Waals surface area contributed by atoms with Crippen molar-refractivity contribution in [3.05, 3.63) is 107 Å². The SMILES string of the molecule is NC(=O)[C@H](Cc1ccccn1)NC(=O)c1cccc(F)c1C1=NCC(c2ccc(F)cc2)=C1. The summed E-state index contributed by atoms with van der Waals surface area (Å²) in [5.74, 6) is -2.38. The minimum absolute atomic E-state index is 0.0215. The molecule has 1 aliphatic heterocycles. The summed E-state index contributed by atoms with van der Waals surface area (Å²) in [6.45, 7) is 0.264. The van der Waals surface area contributed by atoms with Gasteiger partial charge in [0.1, 0.15) is 17.7 Å². The van der Waals surface area contributed by atoms with Crippen LogP contribution in [0.3, 0.4) is 0 Å². The molecular weight excluding hydrogens is 426 g/mol. The summed E-state index contributed by atoms with van der Waals surface area (Å²) in [6, 6.07) is 14.2. The third-order valence-electron chi connectivity index (χ3n) is 5.25. The monoisotopic (exact) mass is 446 g/mol. The van der Waals surface area contributed by atoms with Gasteiger partial charge in [-0.25, -0.2) is 8.78 Å². The maximum atomic E-state index is 14.8. The fourth-order valence-corrected chi connectivity index (χ4v) is 3.58. The van der Waals surface area contributed by atoms with E-state index in [1.807, 2.05) is 0 Å². The molecule has 0 saturated heterocycles. The van der Waals surface area contributed by atoms with Crippen molar-refractivity contribution in [3.63, 3.8) is 0 Å². The van der Waals surface area contributed by atoms with Gasteiger partial charge in [-0.3, -0.25) is 19.6 Å². The Morgan fingerprint density at radius 3 is 2.52 bits per heavy atom. The van der Waals surface area contributed by atoms with Gasteiger partial charge in [-0.15, -0.1) is 0 Å². The molecule has 0 fully saturated rings. The fourth-order valence-electron chi connectivity index (χ4n) is 3.58. The first-order chi connectivity index (χ1) is 15.9. The van der Waals surface area contributed by atoms with E-state index in [2.05, 4.69) is 15.3 Å². The average Bonchev–Trinajstić information content (AvgIpc) is 3.29. The van der Waals surface area contributed by atoms with E-state index in [-0.39, 0.29) is 35.6 Å². The molecule has 0 saturated carbocycles. The van der Waals surface area contributed by atoms with E-state index in [1.165, 1.54) is 30.3 Å². The van der Waals surface area contributed by atoms with Crippen LogP contribution in [0.2, 0.25) is 0 Å². The lowest BCUT2D eigenvalue weighted by atomic mass is 9.99. The number of benzene rings is 2. The summed E-state index contributed by atoms with van der Waals surface area (Å²) in [4.78, 5) is 33.5. The molecule has 0 aliphatic carbocycles. The van der Waals surface area contributed by atoms with Crippen molar-refractivity contribution in [2.45, 2.75) is 12.5 Å². The van der Waals surface area contributed by atoms with Gasteiger partial charge in [0.2, 0.25) is 5.91 Å². The van der Waals surface area contributed by atoms with Gasteiger partial charge in [0, 0.05) is 23.9 Å². The predicted molar refractivity (Wildman–Crippen MR) is 121 cm³/mol. The number of allylic oxidation sites excluding steroid dienone is 1. The Bertz CT molecular complexity index is 1260. The molecule has 1 aliphatic rings. The first kappa shape index (κ1) is 22.0. The van der Waals surface area contributed by atoms with Crippen molar-refractivity contribution >= 4 is 23.1 Å². The Balaban J connectivity index is 1.60. The van der Waals surface area contributed by atoms with Crippen LogP contribution in [-0.2, 0) is 11.2 Å². The second kappa shape index (κ2) is 9.52. The van der Waals surface area contributed by atoms with Crippen LogP contribution in [0.4, 0.5) is 8.78 Å². The van der Waals surface area contributed by atoms with Gasteiger partial charge in [0.05, 0.1) is 17.8 Å². The molecule has 0 unspecified atom stereocenters. The third kappa shape index (κ3) is 5.01. The Labute approximate surface area is 188 Å². The van der Waals surface area contributed by atoms with Crippen LogP contribution in [0, 0.1) is 11.6 Å². The van der Waals surface area contributed by atoms with Gasteiger partial charge >= 0.3 is 0 Å². The van der Waals surface area contributed by atoms with Crippen LogP contribution in [0.25, 0.3) is 5.57 Å². The minimum atomic E-state index is -1.03. The zero-order valence-corrected chi connectivity index (χ0v) is 17.5. The Morgan fingerprint density at radius 1 is 1.03 bits per heavy atom. The second-order valence-corrected chi connectivity index (χ2v) is 7.49. The number of hydrogen-bond acceptors (Lipinski definition) is 4. The molecule has 1 atom stereocenters. The number of nitrogens with two attached hydrogens (primary N) is 1. The van der Waals surface area contributed by atoms with Gasteiger partial charge in [0.15, 0.2) is 0 Å². The smallest absolute Gasteiger partial charge is 0.252 e. The number of primary amides is 1. The van der Waals surface area contributed by atoms with E-state index >= 15 is 0 Å². The molecule has 33 heavy (non-hydrogen) atoms. The molecule has 8 heteroatoms. The van der Waals surface area contributed by atoms with E-state index < -0.39 is 23.7 Å². The summed E-state index contributed by atoms with van der Waals surface area (Å²) in [6.07, 6.45) is 3.34. The average molecular weight is 446 g/mol. The van der Waals surface area contributed by atoms with Crippen LogP contribution >= 0.6 is 0 Å². The molecular formula is C25H20F2N4O2. The number of nitrogens with zero attached hydrogens (tertiary/aromatic N) is 2. The summed E-state index contributed by atoms with van der Waals surface area (Å²) >= 11 is 0. The maximum absolute atomic E-state index is 14.8. The number of nitrogens with one attached hydrogen (secondary N) is 1. The van der Waals surface area contributed by atoms with Crippen molar-refractivity contribution < 1.29 is 18.4 Å². The number of amides is 2.